The van der Waals surface area contributed by atoms with Gasteiger partial charge in [-0.2, -0.15) is 4.68 Å². The van der Waals surface area contributed by atoms with Crippen molar-refractivity contribution < 1.29 is 14.3 Å². The molecule has 0 aliphatic heterocycles. The number of rotatable bonds is 3. The molecule has 0 aromatic carbocycles. The van der Waals surface area contributed by atoms with Gasteiger partial charge in [0.1, 0.15) is 0 Å². The summed E-state index contributed by atoms with van der Waals surface area (Å²) in [6.07, 6.45) is 0.844. The Morgan fingerprint density at radius 3 is 3.00 bits per heavy atom. The fourth-order valence-corrected chi connectivity index (χ4v) is 0.584. The van der Waals surface area contributed by atoms with Crippen molar-refractivity contribution in [3.05, 3.63) is 16.9 Å². The Labute approximate surface area is 61.1 Å². The zero-order valence-electron chi connectivity index (χ0n) is 5.56. The standard InChI is InChI=1S/C5H6N2O4/c8-4(9)1-2-7-5(10)11-3-6-7/h3H,1-2H2,(H,8,9). The van der Waals surface area contributed by atoms with E-state index in [1.54, 1.807) is 0 Å². The lowest BCUT2D eigenvalue weighted by Crippen LogP contribution is -2.17. The number of hydrogen-bond acceptors (Lipinski definition) is 4. The van der Waals surface area contributed by atoms with Gasteiger partial charge >= 0.3 is 11.7 Å². The molecule has 6 heteroatoms. The number of aromatic nitrogens is 2. The molecule has 0 aliphatic rings. The first-order valence-corrected chi connectivity index (χ1v) is 2.92. The minimum atomic E-state index is -0.972. The molecule has 0 saturated carbocycles. The second-order valence-corrected chi connectivity index (χ2v) is 1.87. The number of aryl methyl sites for hydroxylation is 1. The third kappa shape index (κ3) is 1.92. The van der Waals surface area contributed by atoms with Gasteiger partial charge in [-0.25, -0.2) is 4.79 Å². The van der Waals surface area contributed by atoms with Crippen LogP contribution in [0.2, 0.25) is 0 Å². The molecule has 0 radical (unpaired) electrons. The van der Waals surface area contributed by atoms with E-state index in [-0.39, 0.29) is 13.0 Å². The highest BCUT2D eigenvalue weighted by Crippen LogP contribution is 1.83. The van der Waals surface area contributed by atoms with Gasteiger partial charge in [-0.15, -0.1) is 5.10 Å². The molecule has 0 unspecified atom stereocenters. The molecule has 0 spiro atoms. The summed E-state index contributed by atoms with van der Waals surface area (Å²) < 4.78 is 5.25. The number of carboxylic acid groups (broad SMARTS) is 1. The molecule has 0 bridgehead atoms. The molecule has 1 heterocycles. The fraction of sp³-hybridized carbons (Fsp3) is 0.400. The monoisotopic (exact) mass is 158 g/mol. The normalized spacial score (nSPS) is 9.82. The lowest BCUT2D eigenvalue weighted by atomic mass is 10.4. The van der Waals surface area contributed by atoms with Crippen LogP contribution in [-0.2, 0) is 11.3 Å². The Balaban J connectivity index is 2.58. The van der Waals surface area contributed by atoms with E-state index >= 15 is 0 Å². The molecular weight excluding hydrogens is 152 g/mol. The van der Waals surface area contributed by atoms with E-state index in [0.29, 0.717) is 0 Å². The number of carbonyl (C=O) groups is 1. The summed E-state index contributed by atoms with van der Waals surface area (Å²) in [4.78, 5) is 20.6. The molecule has 11 heavy (non-hydrogen) atoms. The van der Waals surface area contributed by atoms with Gasteiger partial charge in [0.05, 0.1) is 13.0 Å². The second-order valence-electron chi connectivity index (χ2n) is 1.87. The molecule has 1 aromatic rings. The third-order valence-electron chi connectivity index (χ3n) is 1.09. The highest BCUT2D eigenvalue weighted by Gasteiger charge is 2.01. The highest BCUT2D eigenvalue weighted by atomic mass is 16.4. The average Bonchev–Trinajstić information content (AvgIpc) is 2.31. The van der Waals surface area contributed by atoms with Crippen molar-refractivity contribution in [3.8, 4) is 0 Å². The zero-order chi connectivity index (χ0) is 8.27. The summed E-state index contributed by atoms with van der Waals surface area (Å²) in [6.45, 7) is 0.0463. The molecular formula is C5H6N2O4. The Kier molecular flexibility index (Phi) is 2.05. The van der Waals surface area contributed by atoms with Crippen molar-refractivity contribution in [2.24, 2.45) is 0 Å². The average molecular weight is 158 g/mol. The number of hydrogen-bond donors (Lipinski definition) is 1. The van der Waals surface area contributed by atoms with Crippen molar-refractivity contribution in [2.75, 3.05) is 0 Å². The number of nitrogens with zero attached hydrogens (tertiary/aromatic N) is 2. The lowest BCUT2D eigenvalue weighted by Gasteiger charge is -1.91. The highest BCUT2D eigenvalue weighted by molar-refractivity contribution is 5.66. The topological polar surface area (TPSA) is 85.3 Å². The van der Waals surface area contributed by atoms with Crippen LogP contribution in [0.15, 0.2) is 15.6 Å². The van der Waals surface area contributed by atoms with Crippen LogP contribution in [0.25, 0.3) is 0 Å². The van der Waals surface area contributed by atoms with E-state index in [1.165, 1.54) is 0 Å². The molecule has 0 atom stereocenters. The summed E-state index contributed by atoms with van der Waals surface area (Å²) >= 11 is 0. The third-order valence-corrected chi connectivity index (χ3v) is 1.09. The van der Waals surface area contributed by atoms with Gasteiger partial charge < -0.3 is 9.52 Å². The first-order chi connectivity index (χ1) is 5.20. The first kappa shape index (κ1) is 7.52. The Bertz CT molecular complexity index is 299. The summed E-state index contributed by atoms with van der Waals surface area (Å²) in [5.74, 6) is -1.61. The van der Waals surface area contributed by atoms with E-state index in [0.717, 1.165) is 11.1 Å². The lowest BCUT2D eigenvalue weighted by molar-refractivity contribution is -0.137. The van der Waals surface area contributed by atoms with Crippen molar-refractivity contribution >= 4 is 5.97 Å². The van der Waals surface area contributed by atoms with Crippen molar-refractivity contribution in [2.45, 2.75) is 13.0 Å². The smallest absolute Gasteiger partial charge is 0.436 e. The van der Waals surface area contributed by atoms with Gasteiger partial charge in [-0.3, -0.25) is 4.79 Å². The van der Waals surface area contributed by atoms with E-state index in [2.05, 4.69) is 9.52 Å². The maximum Gasteiger partial charge on any atom is 0.436 e. The molecule has 60 valence electrons. The minimum absolute atomic E-state index is 0.0463. The van der Waals surface area contributed by atoms with E-state index in [1.807, 2.05) is 0 Å². The Hall–Kier alpha value is -1.59. The van der Waals surface area contributed by atoms with E-state index in [4.69, 9.17) is 5.11 Å². The predicted molar refractivity (Wildman–Crippen MR) is 33.0 cm³/mol. The van der Waals surface area contributed by atoms with Gasteiger partial charge in [0.25, 0.3) is 0 Å². The predicted octanol–water partition coefficient (Wildman–Crippen LogP) is -0.689. The maximum absolute atomic E-state index is 10.6. The summed E-state index contributed by atoms with van der Waals surface area (Å²) in [5.41, 5.74) is 0. The van der Waals surface area contributed by atoms with Crippen LogP contribution in [-0.4, -0.2) is 20.9 Å². The van der Waals surface area contributed by atoms with Gasteiger partial charge in [0.15, 0.2) is 0 Å². The first-order valence-electron chi connectivity index (χ1n) is 2.92. The van der Waals surface area contributed by atoms with Crippen molar-refractivity contribution in [3.63, 3.8) is 0 Å². The maximum atomic E-state index is 10.6. The molecule has 0 saturated heterocycles. The Morgan fingerprint density at radius 1 is 1.82 bits per heavy atom. The molecule has 0 amide bonds. The Morgan fingerprint density at radius 2 is 2.55 bits per heavy atom. The SMILES string of the molecule is O=C(O)CCn1ncoc1=O. The number of carboxylic acids is 1. The molecule has 6 nitrogen and oxygen atoms in total. The van der Waals surface area contributed by atoms with Gasteiger partial charge in [0.2, 0.25) is 6.39 Å². The van der Waals surface area contributed by atoms with Crippen LogP contribution in [0.1, 0.15) is 6.42 Å². The van der Waals surface area contributed by atoms with Gasteiger partial charge in [-0.05, 0) is 0 Å². The van der Waals surface area contributed by atoms with E-state index in [9.17, 15) is 9.59 Å². The molecule has 1 N–H and O–H groups in total. The largest absolute Gasteiger partial charge is 0.481 e. The molecule has 1 rings (SSSR count). The van der Waals surface area contributed by atoms with Crippen LogP contribution < -0.4 is 5.76 Å². The van der Waals surface area contributed by atoms with Crippen LogP contribution in [0.5, 0.6) is 0 Å². The van der Waals surface area contributed by atoms with Crippen LogP contribution in [0.3, 0.4) is 0 Å². The van der Waals surface area contributed by atoms with Gasteiger partial charge in [0, 0.05) is 0 Å². The van der Waals surface area contributed by atoms with Crippen LogP contribution >= 0.6 is 0 Å². The molecule has 1 aromatic heterocycles. The van der Waals surface area contributed by atoms with E-state index < -0.39 is 11.7 Å². The summed E-state index contributed by atoms with van der Waals surface area (Å²) in [6, 6.07) is 0. The number of aliphatic carboxylic acids is 1. The van der Waals surface area contributed by atoms with Gasteiger partial charge in [-0.1, -0.05) is 0 Å². The van der Waals surface area contributed by atoms with Crippen molar-refractivity contribution in [1.29, 1.82) is 0 Å². The summed E-state index contributed by atoms with van der Waals surface area (Å²) in [5, 5.41) is 11.7. The quantitative estimate of drug-likeness (QED) is 0.629. The second kappa shape index (κ2) is 3.00. The molecule has 0 aliphatic carbocycles. The minimum Gasteiger partial charge on any atom is -0.481 e. The zero-order valence-corrected chi connectivity index (χ0v) is 5.56. The van der Waals surface area contributed by atoms with Crippen molar-refractivity contribution in [1.82, 2.24) is 9.78 Å². The van der Waals surface area contributed by atoms with Crippen LogP contribution in [0, 0.1) is 0 Å². The molecule has 0 fully saturated rings. The fourth-order valence-electron chi connectivity index (χ4n) is 0.584. The summed E-state index contributed by atoms with van der Waals surface area (Å²) in [7, 11) is 0. The van der Waals surface area contributed by atoms with Crippen LogP contribution in [0.4, 0.5) is 0 Å².